The van der Waals surface area contributed by atoms with E-state index in [0.717, 1.165) is 17.1 Å². The van der Waals surface area contributed by atoms with Gasteiger partial charge in [-0.3, -0.25) is 4.98 Å². The van der Waals surface area contributed by atoms with Crippen molar-refractivity contribution in [2.45, 2.75) is 0 Å². The highest BCUT2D eigenvalue weighted by atomic mass is 35.5. The minimum Gasteiger partial charge on any atom is -0.253 e. The molecule has 0 saturated carbocycles. The Bertz CT molecular complexity index is 865. The van der Waals surface area contributed by atoms with E-state index in [2.05, 4.69) is 15.5 Å². The second kappa shape index (κ2) is 6.83. The normalized spacial score (nSPS) is 14.0. The highest BCUT2D eigenvalue weighted by Crippen LogP contribution is 2.23. The first-order chi connectivity index (χ1) is 12.3. The standard InChI is InChI=1S/C19H15ClN5/c20-15-9-11-17(12-10-15)25-14-24(16-6-2-1-3-7-16)22-19(23-25)18-8-4-5-13-21-18/h1-13H,14H2. The van der Waals surface area contributed by atoms with Gasteiger partial charge in [-0.25, -0.2) is 10.0 Å². The van der Waals surface area contributed by atoms with Crippen molar-refractivity contribution < 1.29 is 0 Å². The molecule has 123 valence electrons. The third-order valence-corrected chi connectivity index (χ3v) is 4.02. The Morgan fingerprint density at radius 3 is 2.20 bits per heavy atom. The van der Waals surface area contributed by atoms with Gasteiger partial charge < -0.3 is 0 Å². The first-order valence-corrected chi connectivity index (χ1v) is 8.25. The van der Waals surface area contributed by atoms with Gasteiger partial charge in [0, 0.05) is 11.2 Å². The van der Waals surface area contributed by atoms with Gasteiger partial charge in [0.15, 0.2) is 0 Å². The van der Waals surface area contributed by atoms with Gasteiger partial charge in [-0.1, -0.05) is 35.9 Å². The van der Waals surface area contributed by atoms with Crippen LogP contribution in [0.5, 0.6) is 0 Å². The Morgan fingerprint density at radius 2 is 1.48 bits per heavy atom. The summed E-state index contributed by atoms with van der Waals surface area (Å²) in [6.45, 7) is 0.502. The molecular weight excluding hydrogens is 334 g/mol. The summed E-state index contributed by atoms with van der Waals surface area (Å²) in [6, 6.07) is 23.3. The van der Waals surface area contributed by atoms with Crippen LogP contribution in [0.1, 0.15) is 5.69 Å². The fourth-order valence-corrected chi connectivity index (χ4v) is 2.65. The molecule has 0 bridgehead atoms. The van der Waals surface area contributed by atoms with E-state index in [1.54, 1.807) is 6.20 Å². The molecule has 0 unspecified atom stereocenters. The van der Waals surface area contributed by atoms with Crippen LogP contribution in [0, 0.1) is 0 Å². The molecule has 0 spiro atoms. The maximum Gasteiger partial charge on any atom is 0.217 e. The third kappa shape index (κ3) is 3.41. The van der Waals surface area contributed by atoms with Gasteiger partial charge >= 0.3 is 0 Å². The zero-order valence-corrected chi connectivity index (χ0v) is 14.1. The molecular formula is C19H15ClN5. The Morgan fingerprint density at radius 1 is 0.760 bits per heavy atom. The average Bonchev–Trinajstić information content (AvgIpc) is 2.69. The van der Waals surface area contributed by atoms with E-state index < -0.39 is 0 Å². The van der Waals surface area contributed by atoms with Crippen molar-refractivity contribution in [1.82, 2.24) is 10.4 Å². The molecule has 0 N–H and O–H groups in total. The number of amidine groups is 1. The summed E-state index contributed by atoms with van der Waals surface area (Å²) in [5, 5.41) is 9.16. The van der Waals surface area contributed by atoms with E-state index in [-0.39, 0.29) is 0 Å². The van der Waals surface area contributed by atoms with Crippen LogP contribution in [0.3, 0.4) is 0 Å². The van der Waals surface area contributed by atoms with Crippen LogP contribution >= 0.6 is 11.6 Å². The van der Waals surface area contributed by atoms with Gasteiger partial charge in [-0.2, -0.15) is 0 Å². The molecule has 0 amide bonds. The maximum absolute atomic E-state index is 6.01. The van der Waals surface area contributed by atoms with Crippen LogP contribution < -0.4 is 15.4 Å². The average molecular weight is 349 g/mol. The van der Waals surface area contributed by atoms with Crippen molar-refractivity contribution in [2.24, 2.45) is 5.10 Å². The summed E-state index contributed by atoms with van der Waals surface area (Å²) in [7, 11) is 0. The summed E-state index contributed by atoms with van der Waals surface area (Å²) < 4.78 is 0. The fourth-order valence-electron chi connectivity index (χ4n) is 2.53. The van der Waals surface area contributed by atoms with Crippen molar-refractivity contribution >= 4 is 28.8 Å². The Kier molecular flexibility index (Phi) is 4.23. The Labute approximate surface area is 151 Å². The number of rotatable bonds is 3. The van der Waals surface area contributed by atoms with Gasteiger partial charge in [0.25, 0.3) is 0 Å². The van der Waals surface area contributed by atoms with Crippen LogP contribution in [0.15, 0.2) is 84.1 Å². The zero-order valence-electron chi connectivity index (χ0n) is 13.3. The fraction of sp³-hybridized carbons (Fsp3) is 0.0526. The van der Waals surface area contributed by atoms with Crippen LogP contribution in [0.4, 0.5) is 11.4 Å². The molecule has 0 aliphatic carbocycles. The topological polar surface area (TPSA) is 45.8 Å². The van der Waals surface area contributed by atoms with Crippen LogP contribution in [0.25, 0.3) is 0 Å². The van der Waals surface area contributed by atoms with Crippen molar-refractivity contribution in [2.75, 3.05) is 16.7 Å². The highest BCUT2D eigenvalue weighted by molar-refractivity contribution is 6.30. The number of anilines is 2. The predicted octanol–water partition coefficient (Wildman–Crippen LogP) is 3.90. The molecule has 5 nitrogen and oxygen atoms in total. The van der Waals surface area contributed by atoms with E-state index in [1.165, 1.54) is 0 Å². The van der Waals surface area contributed by atoms with Gasteiger partial charge in [0.2, 0.25) is 5.84 Å². The summed E-state index contributed by atoms with van der Waals surface area (Å²) in [6.07, 6.45) is 1.74. The van der Waals surface area contributed by atoms with E-state index in [0.29, 0.717) is 17.5 Å². The lowest BCUT2D eigenvalue weighted by Gasteiger charge is -2.33. The highest BCUT2D eigenvalue weighted by Gasteiger charge is 2.24. The summed E-state index contributed by atoms with van der Waals surface area (Å²) >= 11 is 6.01. The van der Waals surface area contributed by atoms with Crippen LogP contribution in [0.2, 0.25) is 5.02 Å². The van der Waals surface area contributed by atoms with Gasteiger partial charge in [0.1, 0.15) is 12.4 Å². The molecule has 0 saturated heterocycles. The minimum atomic E-state index is 0.502. The monoisotopic (exact) mass is 348 g/mol. The molecule has 2 heterocycles. The molecule has 2 aromatic carbocycles. The van der Waals surface area contributed by atoms with Crippen LogP contribution in [-0.2, 0) is 0 Å². The second-order valence-corrected chi connectivity index (χ2v) is 5.93. The number of hydrogen-bond acceptors (Lipinski definition) is 4. The number of halogens is 1. The first kappa shape index (κ1) is 15.5. The molecule has 1 aliphatic rings. The molecule has 0 fully saturated rings. The van der Waals surface area contributed by atoms with Crippen molar-refractivity contribution in [3.05, 3.63) is 89.7 Å². The lowest BCUT2D eigenvalue weighted by Crippen LogP contribution is -2.48. The lowest BCUT2D eigenvalue weighted by molar-refractivity contribution is 0.669. The predicted molar refractivity (Wildman–Crippen MR) is 101 cm³/mol. The van der Waals surface area contributed by atoms with Crippen molar-refractivity contribution in [1.29, 1.82) is 0 Å². The molecule has 0 atom stereocenters. The van der Waals surface area contributed by atoms with Crippen molar-refractivity contribution in [3.8, 4) is 0 Å². The van der Waals surface area contributed by atoms with E-state index in [4.69, 9.17) is 11.6 Å². The van der Waals surface area contributed by atoms with Gasteiger partial charge in [-0.15, -0.1) is 10.5 Å². The molecule has 4 rings (SSSR count). The molecule has 6 heteroatoms. The zero-order chi connectivity index (χ0) is 17.1. The lowest BCUT2D eigenvalue weighted by atomic mass is 10.3. The maximum atomic E-state index is 6.01. The number of para-hydroxylation sites is 1. The number of nitrogens with zero attached hydrogens (tertiary/aromatic N) is 5. The number of aromatic nitrogens is 1. The van der Waals surface area contributed by atoms with Gasteiger partial charge in [-0.05, 0) is 48.5 Å². The third-order valence-electron chi connectivity index (χ3n) is 3.77. The Hall–Kier alpha value is -3.05. The van der Waals surface area contributed by atoms with Gasteiger partial charge in [0.05, 0.1) is 11.4 Å². The number of pyridine rings is 1. The minimum absolute atomic E-state index is 0.502. The molecule has 1 aromatic heterocycles. The largest absolute Gasteiger partial charge is 0.253 e. The van der Waals surface area contributed by atoms with Crippen LogP contribution in [-0.4, -0.2) is 17.5 Å². The summed E-state index contributed by atoms with van der Waals surface area (Å²) in [5.74, 6) is 0.561. The molecule has 3 aromatic rings. The van der Waals surface area contributed by atoms with E-state index in [1.807, 2.05) is 82.8 Å². The molecule has 25 heavy (non-hydrogen) atoms. The summed E-state index contributed by atoms with van der Waals surface area (Å²) in [4.78, 5) is 4.37. The number of hydrogen-bond donors (Lipinski definition) is 0. The Balaban J connectivity index is 1.72. The van der Waals surface area contributed by atoms with Crippen molar-refractivity contribution in [3.63, 3.8) is 0 Å². The smallest absolute Gasteiger partial charge is 0.217 e. The quantitative estimate of drug-likeness (QED) is 0.721. The van der Waals surface area contributed by atoms with E-state index >= 15 is 0 Å². The number of hydrazone groups is 1. The molecule has 1 radical (unpaired) electrons. The molecule has 1 aliphatic heterocycles. The second-order valence-electron chi connectivity index (χ2n) is 5.49. The first-order valence-electron chi connectivity index (χ1n) is 7.87. The SMILES string of the molecule is Clc1ccc(N2CN(c3ccccc3)[N]C(c3ccccn3)=N2)cc1. The number of benzene rings is 2. The summed E-state index contributed by atoms with van der Waals surface area (Å²) in [5.41, 5.74) is 7.32. The van der Waals surface area contributed by atoms with E-state index in [9.17, 15) is 0 Å².